The summed E-state index contributed by atoms with van der Waals surface area (Å²) in [6, 6.07) is 18.4. The molecule has 0 aliphatic carbocycles. The van der Waals surface area contributed by atoms with Gasteiger partial charge in [0.15, 0.2) is 11.9 Å². The summed E-state index contributed by atoms with van der Waals surface area (Å²) in [5, 5.41) is 13.6. The van der Waals surface area contributed by atoms with E-state index in [9.17, 15) is 14.4 Å². The van der Waals surface area contributed by atoms with Gasteiger partial charge in [-0.05, 0) is 30.5 Å². The number of carbonyl (C=O) groups is 3. The minimum absolute atomic E-state index is 0.150. The van der Waals surface area contributed by atoms with Crippen molar-refractivity contribution in [2.75, 3.05) is 5.32 Å². The number of hydrogen-bond donors (Lipinski definition) is 1. The first-order valence-corrected chi connectivity index (χ1v) is 9.57. The average Bonchev–Trinajstić information content (AvgIpc) is 3.21. The van der Waals surface area contributed by atoms with E-state index >= 15 is 0 Å². The van der Waals surface area contributed by atoms with Crippen molar-refractivity contribution in [1.29, 1.82) is 5.26 Å². The highest BCUT2D eigenvalue weighted by molar-refractivity contribution is 7.14. The maximum absolute atomic E-state index is 12.4. The summed E-state index contributed by atoms with van der Waals surface area (Å²) in [4.78, 5) is 36.9. The van der Waals surface area contributed by atoms with Crippen molar-refractivity contribution in [3.63, 3.8) is 0 Å². The topological polar surface area (TPSA) is 96.3 Å². The van der Waals surface area contributed by atoms with Crippen molar-refractivity contribution >= 4 is 34.0 Å². The molecule has 0 bridgehead atoms. The van der Waals surface area contributed by atoms with Gasteiger partial charge in [0.05, 0.1) is 11.1 Å². The molecule has 3 aromatic rings. The number of nitrogens with zero attached hydrogens (tertiary/aromatic N) is 1. The van der Waals surface area contributed by atoms with Crippen LogP contribution in [0.15, 0.2) is 66.0 Å². The van der Waals surface area contributed by atoms with Gasteiger partial charge < -0.3 is 10.1 Å². The minimum Gasteiger partial charge on any atom is -0.449 e. The lowest BCUT2D eigenvalue weighted by Crippen LogP contribution is -2.29. The van der Waals surface area contributed by atoms with Crippen LogP contribution in [0.1, 0.15) is 38.8 Å². The van der Waals surface area contributed by atoms with Gasteiger partial charge in [0.2, 0.25) is 0 Å². The smallest absolute Gasteiger partial charge is 0.338 e. The Kier molecular flexibility index (Phi) is 6.17. The Bertz CT molecular complexity index is 1080. The molecule has 29 heavy (non-hydrogen) atoms. The Balaban J connectivity index is 1.62. The van der Waals surface area contributed by atoms with Gasteiger partial charge in [0.1, 0.15) is 11.1 Å². The molecule has 0 saturated heterocycles. The molecule has 0 radical (unpaired) electrons. The van der Waals surface area contributed by atoms with E-state index in [1.165, 1.54) is 30.4 Å². The molecule has 1 atom stereocenters. The van der Waals surface area contributed by atoms with Crippen LogP contribution in [0.4, 0.5) is 5.00 Å². The van der Waals surface area contributed by atoms with Crippen LogP contribution >= 0.6 is 11.3 Å². The largest absolute Gasteiger partial charge is 0.449 e. The van der Waals surface area contributed by atoms with Crippen LogP contribution in [-0.4, -0.2) is 23.8 Å². The highest BCUT2D eigenvalue weighted by atomic mass is 32.1. The predicted octanol–water partition coefficient (Wildman–Crippen LogP) is 4.03. The molecular formula is C22H16N2O4S. The summed E-state index contributed by atoms with van der Waals surface area (Å²) in [5.74, 6) is -1.37. The number of carbonyl (C=O) groups excluding carboxylic acids is 3. The number of anilines is 1. The molecule has 0 fully saturated rings. The second-order valence-corrected chi connectivity index (χ2v) is 7.00. The third-order valence-corrected chi connectivity index (χ3v) is 4.92. The lowest BCUT2D eigenvalue weighted by atomic mass is 10.0. The molecule has 0 aliphatic rings. The number of nitrogens with one attached hydrogen (secondary N) is 1. The van der Waals surface area contributed by atoms with Gasteiger partial charge in [-0.25, -0.2) is 4.79 Å². The van der Waals surface area contributed by atoms with Crippen molar-refractivity contribution in [3.05, 3.63) is 88.3 Å². The summed E-state index contributed by atoms with van der Waals surface area (Å²) in [5.41, 5.74) is 1.57. The predicted molar refractivity (Wildman–Crippen MR) is 109 cm³/mol. The molecule has 0 saturated carbocycles. The van der Waals surface area contributed by atoms with Crippen LogP contribution in [0.5, 0.6) is 0 Å². The van der Waals surface area contributed by atoms with Crippen LogP contribution in [-0.2, 0) is 9.53 Å². The molecule has 1 heterocycles. The molecule has 6 nitrogen and oxygen atoms in total. The fourth-order valence-corrected chi connectivity index (χ4v) is 3.24. The van der Waals surface area contributed by atoms with Crippen molar-refractivity contribution in [1.82, 2.24) is 0 Å². The molecule has 0 aliphatic heterocycles. The first-order chi connectivity index (χ1) is 14.0. The number of ketones is 1. The zero-order valence-electron chi connectivity index (χ0n) is 15.4. The fraction of sp³-hybridized carbons (Fsp3) is 0.0909. The number of esters is 1. The Hall–Kier alpha value is -3.76. The Morgan fingerprint density at radius 3 is 2.24 bits per heavy atom. The minimum atomic E-state index is -1.05. The van der Waals surface area contributed by atoms with E-state index < -0.39 is 18.0 Å². The second-order valence-electron chi connectivity index (χ2n) is 6.08. The first-order valence-electron chi connectivity index (χ1n) is 8.69. The van der Waals surface area contributed by atoms with E-state index in [4.69, 9.17) is 10.00 Å². The van der Waals surface area contributed by atoms with Gasteiger partial charge in [-0.3, -0.25) is 9.59 Å². The molecule has 1 amide bonds. The number of benzene rings is 2. The number of hydrogen-bond acceptors (Lipinski definition) is 6. The Morgan fingerprint density at radius 1 is 0.966 bits per heavy atom. The van der Waals surface area contributed by atoms with Crippen molar-refractivity contribution in [2.24, 2.45) is 0 Å². The van der Waals surface area contributed by atoms with E-state index in [2.05, 4.69) is 5.32 Å². The fourth-order valence-electron chi connectivity index (χ4n) is 2.50. The summed E-state index contributed by atoms with van der Waals surface area (Å²) in [7, 11) is 0. The van der Waals surface area contributed by atoms with Gasteiger partial charge in [-0.15, -0.1) is 11.3 Å². The Labute approximate surface area is 171 Å². The normalized spacial score (nSPS) is 11.2. The van der Waals surface area contributed by atoms with Gasteiger partial charge >= 0.3 is 5.97 Å². The van der Waals surface area contributed by atoms with Crippen LogP contribution < -0.4 is 5.32 Å². The van der Waals surface area contributed by atoms with E-state index in [1.54, 1.807) is 47.8 Å². The summed E-state index contributed by atoms with van der Waals surface area (Å²) in [6.07, 6.45) is -1.05. The van der Waals surface area contributed by atoms with Gasteiger partial charge in [0, 0.05) is 11.1 Å². The highest BCUT2D eigenvalue weighted by Crippen LogP contribution is 2.22. The van der Waals surface area contributed by atoms with Crippen molar-refractivity contribution < 1.29 is 19.1 Å². The molecule has 144 valence electrons. The maximum atomic E-state index is 12.4. The highest BCUT2D eigenvalue weighted by Gasteiger charge is 2.21. The lowest BCUT2D eigenvalue weighted by molar-refractivity contribution is -0.123. The molecular weight excluding hydrogens is 388 g/mol. The molecule has 0 unspecified atom stereocenters. The first kappa shape index (κ1) is 20.0. The maximum Gasteiger partial charge on any atom is 0.338 e. The quantitative estimate of drug-likeness (QED) is 0.494. The molecule has 1 aromatic heterocycles. The number of ether oxygens (including phenoxy) is 1. The zero-order valence-corrected chi connectivity index (χ0v) is 16.2. The van der Waals surface area contributed by atoms with Crippen LogP contribution in [0.3, 0.4) is 0 Å². The van der Waals surface area contributed by atoms with E-state index in [0.29, 0.717) is 21.7 Å². The van der Waals surface area contributed by atoms with Crippen LogP contribution in [0.2, 0.25) is 0 Å². The standard InChI is InChI=1S/C22H16N2O4S/c1-14(20(26)24-21-18(13-23)11-12-29-21)28-22(27)17-9-7-16(8-10-17)19(25)15-5-3-2-4-6-15/h2-12,14H,1H3,(H,24,26)/t14-/m1/s1. The van der Waals surface area contributed by atoms with Crippen molar-refractivity contribution in [2.45, 2.75) is 13.0 Å². The van der Waals surface area contributed by atoms with Crippen molar-refractivity contribution in [3.8, 4) is 6.07 Å². The molecule has 0 spiro atoms. The summed E-state index contributed by atoms with van der Waals surface area (Å²) >= 11 is 1.21. The lowest BCUT2D eigenvalue weighted by Gasteiger charge is -2.13. The average molecular weight is 404 g/mol. The summed E-state index contributed by atoms with van der Waals surface area (Å²) in [6.45, 7) is 1.44. The number of amides is 1. The van der Waals surface area contributed by atoms with E-state index in [1.807, 2.05) is 12.1 Å². The van der Waals surface area contributed by atoms with Crippen LogP contribution in [0, 0.1) is 11.3 Å². The molecule has 3 rings (SSSR count). The second kappa shape index (κ2) is 8.95. The Morgan fingerprint density at radius 2 is 1.59 bits per heavy atom. The van der Waals surface area contributed by atoms with Gasteiger partial charge in [-0.1, -0.05) is 42.5 Å². The van der Waals surface area contributed by atoms with Gasteiger partial charge in [0.25, 0.3) is 5.91 Å². The van der Waals surface area contributed by atoms with Crippen LogP contribution in [0.25, 0.3) is 0 Å². The third-order valence-electron chi connectivity index (χ3n) is 4.09. The monoisotopic (exact) mass is 404 g/mol. The zero-order chi connectivity index (χ0) is 20.8. The van der Waals surface area contributed by atoms with Gasteiger partial charge in [-0.2, -0.15) is 5.26 Å². The third kappa shape index (κ3) is 4.75. The van der Waals surface area contributed by atoms with E-state index in [-0.39, 0.29) is 11.3 Å². The number of nitriles is 1. The SMILES string of the molecule is C[C@@H](OC(=O)c1ccc(C(=O)c2ccccc2)cc1)C(=O)Nc1sccc1C#N. The number of rotatable bonds is 6. The summed E-state index contributed by atoms with van der Waals surface area (Å²) < 4.78 is 5.19. The number of thiophene rings is 1. The molecule has 1 N–H and O–H groups in total. The molecule has 7 heteroatoms. The molecule has 2 aromatic carbocycles. The van der Waals surface area contributed by atoms with E-state index in [0.717, 1.165) is 0 Å².